The molecule has 7 heteroatoms. The molecular weight excluding hydrogens is 304 g/mol. The van der Waals surface area contributed by atoms with Crippen molar-refractivity contribution in [1.82, 2.24) is 14.9 Å². The third kappa shape index (κ3) is 2.98. The smallest absolute Gasteiger partial charge is 0.253 e. The molecule has 2 heterocycles. The van der Waals surface area contributed by atoms with E-state index in [9.17, 15) is 4.79 Å². The van der Waals surface area contributed by atoms with Gasteiger partial charge in [-0.05, 0) is 18.2 Å². The van der Waals surface area contributed by atoms with Crippen molar-refractivity contribution in [1.29, 1.82) is 0 Å². The van der Waals surface area contributed by atoms with E-state index in [0.717, 1.165) is 16.9 Å². The summed E-state index contributed by atoms with van der Waals surface area (Å²) in [5.41, 5.74) is 1.54. The quantitative estimate of drug-likeness (QED) is 0.841. The topological polar surface area (TPSA) is 58.6 Å². The summed E-state index contributed by atoms with van der Waals surface area (Å²) in [7, 11) is 3.45. The first-order valence-electron chi connectivity index (χ1n) is 7.04. The maximum atomic E-state index is 12.0. The monoisotopic (exact) mass is 320 g/mol. The molecule has 1 aliphatic rings. The van der Waals surface area contributed by atoms with Gasteiger partial charge < -0.3 is 14.5 Å². The van der Waals surface area contributed by atoms with Gasteiger partial charge in [-0.3, -0.25) is 9.78 Å². The molecule has 116 valence electrons. The van der Waals surface area contributed by atoms with Crippen LogP contribution in [0.1, 0.15) is 0 Å². The lowest BCUT2D eigenvalue weighted by molar-refractivity contribution is -0.141. The molecule has 0 radical (unpaired) electrons. The van der Waals surface area contributed by atoms with Crippen molar-refractivity contribution in [2.45, 2.75) is 6.10 Å². The molecule has 6 nitrogen and oxygen atoms in total. The molecule has 2 aromatic rings. The van der Waals surface area contributed by atoms with Crippen LogP contribution in [0, 0.1) is 0 Å². The number of hydrogen-bond acceptors (Lipinski definition) is 5. The highest BCUT2D eigenvalue weighted by Gasteiger charge is 2.28. The molecule has 0 saturated carbocycles. The van der Waals surface area contributed by atoms with Crippen LogP contribution >= 0.6 is 11.6 Å². The van der Waals surface area contributed by atoms with Gasteiger partial charge >= 0.3 is 0 Å². The summed E-state index contributed by atoms with van der Waals surface area (Å²) < 4.78 is 5.56. The fourth-order valence-corrected chi connectivity index (χ4v) is 2.59. The second-order valence-electron chi connectivity index (χ2n) is 5.40. The highest BCUT2D eigenvalue weighted by molar-refractivity contribution is 6.31. The molecule has 3 rings (SSSR count). The molecule has 1 amide bonds. The lowest BCUT2D eigenvalue weighted by atomic mass is 10.2. The number of amides is 1. The van der Waals surface area contributed by atoms with E-state index in [2.05, 4.69) is 9.97 Å². The Hall–Kier alpha value is -1.92. The zero-order chi connectivity index (χ0) is 15.7. The van der Waals surface area contributed by atoms with Crippen molar-refractivity contribution in [2.75, 3.05) is 38.7 Å². The number of rotatable bonds is 2. The first kappa shape index (κ1) is 15.0. The largest absolute Gasteiger partial charge is 0.365 e. The lowest BCUT2D eigenvalue weighted by Gasteiger charge is -2.33. The predicted octanol–water partition coefficient (Wildman–Crippen LogP) is 1.58. The fraction of sp³-hybridized carbons (Fsp3) is 0.400. The number of benzene rings is 1. The summed E-state index contributed by atoms with van der Waals surface area (Å²) in [6.07, 6.45) is 1.24. The highest BCUT2D eigenvalue weighted by Crippen LogP contribution is 2.21. The number of aromatic nitrogens is 2. The Morgan fingerprint density at radius 2 is 2.23 bits per heavy atom. The van der Waals surface area contributed by atoms with Crippen molar-refractivity contribution in [3.63, 3.8) is 0 Å². The second-order valence-corrected chi connectivity index (χ2v) is 5.84. The van der Waals surface area contributed by atoms with Crippen LogP contribution in [-0.4, -0.2) is 60.7 Å². The number of ether oxygens (including phenoxy) is 1. The number of carbonyl (C=O) groups is 1. The van der Waals surface area contributed by atoms with Crippen LogP contribution in [0.25, 0.3) is 11.0 Å². The Morgan fingerprint density at radius 1 is 1.41 bits per heavy atom. The van der Waals surface area contributed by atoms with Gasteiger partial charge in [0.05, 0.1) is 30.4 Å². The zero-order valence-electron chi connectivity index (χ0n) is 12.5. The van der Waals surface area contributed by atoms with Crippen LogP contribution in [0.15, 0.2) is 24.4 Å². The number of hydrogen-bond donors (Lipinski definition) is 0. The molecule has 1 fully saturated rings. The van der Waals surface area contributed by atoms with Gasteiger partial charge in [0.2, 0.25) is 0 Å². The Kier molecular flexibility index (Phi) is 4.13. The summed E-state index contributed by atoms with van der Waals surface area (Å²) in [6.45, 7) is 1.65. The Balaban J connectivity index is 1.84. The third-order valence-electron chi connectivity index (χ3n) is 3.60. The summed E-state index contributed by atoms with van der Waals surface area (Å²) >= 11 is 5.95. The molecule has 1 atom stereocenters. The minimum atomic E-state index is -0.466. The van der Waals surface area contributed by atoms with Crippen LogP contribution in [0.4, 0.5) is 5.82 Å². The molecule has 1 aliphatic heterocycles. The molecular formula is C15H17ClN4O2. The van der Waals surface area contributed by atoms with E-state index in [1.165, 1.54) is 0 Å². The number of anilines is 1. The van der Waals surface area contributed by atoms with E-state index >= 15 is 0 Å². The minimum Gasteiger partial charge on any atom is -0.365 e. The Labute approximate surface area is 133 Å². The summed E-state index contributed by atoms with van der Waals surface area (Å²) in [5.74, 6) is 0.708. The predicted molar refractivity (Wildman–Crippen MR) is 85.2 cm³/mol. The Bertz CT molecular complexity index is 707. The van der Waals surface area contributed by atoms with Crippen LogP contribution in [-0.2, 0) is 9.53 Å². The van der Waals surface area contributed by atoms with Crippen molar-refractivity contribution in [2.24, 2.45) is 0 Å². The van der Waals surface area contributed by atoms with E-state index in [4.69, 9.17) is 16.3 Å². The molecule has 0 N–H and O–H groups in total. The van der Waals surface area contributed by atoms with Crippen LogP contribution in [0.3, 0.4) is 0 Å². The number of likely N-dealkylation sites (N-methyl/N-ethyl adjacent to an activating group) is 1. The van der Waals surface area contributed by atoms with E-state index in [-0.39, 0.29) is 5.91 Å². The minimum absolute atomic E-state index is 0.0368. The van der Waals surface area contributed by atoms with Gasteiger partial charge in [0, 0.05) is 25.7 Å². The van der Waals surface area contributed by atoms with E-state index in [0.29, 0.717) is 24.7 Å². The molecule has 0 spiro atoms. The maximum Gasteiger partial charge on any atom is 0.253 e. The van der Waals surface area contributed by atoms with E-state index < -0.39 is 6.10 Å². The van der Waals surface area contributed by atoms with Gasteiger partial charge in [-0.2, -0.15) is 0 Å². The van der Waals surface area contributed by atoms with Crippen LogP contribution in [0.2, 0.25) is 5.02 Å². The number of morpholine rings is 1. The van der Waals surface area contributed by atoms with Crippen molar-refractivity contribution >= 4 is 34.4 Å². The molecule has 1 saturated heterocycles. The Morgan fingerprint density at radius 3 is 3.00 bits per heavy atom. The van der Waals surface area contributed by atoms with Gasteiger partial charge in [-0.1, -0.05) is 11.6 Å². The molecule has 0 bridgehead atoms. The lowest BCUT2D eigenvalue weighted by Crippen LogP contribution is -2.49. The first-order chi connectivity index (χ1) is 10.5. The van der Waals surface area contributed by atoms with Crippen molar-refractivity contribution < 1.29 is 9.53 Å². The number of fused-ring (bicyclic) bond motifs is 1. The summed E-state index contributed by atoms with van der Waals surface area (Å²) in [4.78, 5) is 24.6. The SMILES string of the molecule is CN(C)C(=O)C1CN(c2cnc3cc(Cl)ccc3n2)CCO1. The first-order valence-corrected chi connectivity index (χ1v) is 7.42. The zero-order valence-corrected chi connectivity index (χ0v) is 13.2. The molecule has 1 aromatic carbocycles. The third-order valence-corrected chi connectivity index (χ3v) is 3.83. The molecule has 0 aliphatic carbocycles. The van der Waals surface area contributed by atoms with Gasteiger partial charge in [-0.15, -0.1) is 0 Å². The molecule has 22 heavy (non-hydrogen) atoms. The van der Waals surface area contributed by atoms with Gasteiger partial charge in [-0.25, -0.2) is 4.98 Å². The summed E-state index contributed by atoms with van der Waals surface area (Å²) in [5, 5.41) is 0.637. The highest BCUT2D eigenvalue weighted by atomic mass is 35.5. The van der Waals surface area contributed by atoms with Crippen molar-refractivity contribution in [3.05, 3.63) is 29.4 Å². The number of halogens is 1. The van der Waals surface area contributed by atoms with Crippen molar-refractivity contribution in [3.8, 4) is 0 Å². The molecule has 1 aromatic heterocycles. The fourth-order valence-electron chi connectivity index (χ4n) is 2.42. The van der Waals surface area contributed by atoms with E-state index in [1.807, 2.05) is 11.0 Å². The van der Waals surface area contributed by atoms with E-state index in [1.54, 1.807) is 37.3 Å². The molecule has 1 unspecified atom stereocenters. The standard InChI is InChI=1S/C15H17ClN4O2/c1-19(2)15(21)13-9-20(5-6-22-13)14-8-17-12-7-10(16)3-4-11(12)18-14/h3-4,7-8,13H,5-6,9H2,1-2H3. The van der Waals surface area contributed by atoms with Gasteiger partial charge in [0.15, 0.2) is 6.10 Å². The summed E-state index contributed by atoms with van der Waals surface area (Å²) in [6, 6.07) is 5.42. The maximum absolute atomic E-state index is 12.0. The normalized spacial score (nSPS) is 18.5. The average Bonchev–Trinajstić information content (AvgIpc) is 2.53. The average molecular weight is 321 g/mol. The van der Waals surface area contributed by atoms with Gasteiger partial charge in [0.25, 0.3) is 5.91 Å². The second kappa shape index (κ2) is 6.06. The van der Waals surface area contributed by atoms with Crippen LogP contribution < -0.4 is 4.90 Å². The number of carbonyl (C=O) groups excluding carboxylic acids is 1. The van der Waals surface area contributed by atoms with Crippen LogP contribution in [0.5, 0.6) is 0 Å². The van der Waals surface area contributed by atoms with Gasteiger partial charge in [0.1, 0.15) is 5.82 Å². The number of nitrogens with zero attached hydrogens (tertiary/aromatic N) is 4.